The predicted molar refractivity (Wildman–Crippen MR) is 101 cm³/mol. The van der Waals surface area contributed by atoms with Crippen LogP contribution in [0.3, 0.4) is 0 Å². The maximum atomic E-state index is 12.6. The van der Waals surface area contributed by atoms with Crippen LogP contribution >= 0.6 is 0 Å². The van der Waals surface area contributed by atoms with E-state index in [2.05, 4.69) is 0 Å². The zero-order valence-corrected chi connectivity index (χ0v) is 14.9. The Morgan fingerprint density at radius 2 is 1.81 bits per heavy atom. The highest BCUT2D eigenvalue weighted by molar-refractivity contribution is 5.96. The van der Waals surface area contributed by atoms with Crippen molar-refractivity contribution in [2.24, 2.45) is 0 Å². The molecule has 2 unspecified atom stereocenters. The van der Waals surface area contributed by atoms with Crippen molar-refractivity contribution in [3.63, 3.8) is 0 Å². The number of carbonyl (C=O) groups excluding carboxylic acids is 2. The van der Waals surface area contributed by atoms with E-state index in [0.29, 0.717) is 13.0 Å². The number of ketones is 1. The van der Waals surface area contributed by atoms with E-state index in [-0.39, 0.29) is 23.7 Å². The summed E-state index contributed by atoms with van der Waals surface area (Å²) in [6, 6.07) is 17.2. The second-order valence-corrected chi connectivity index (χ2v) is 6.86. The van der Waals surface area contributed by atoms with Gasteiger partial charge in [0.05, 0.1) is 17.1 Å². The first-order valence-electron chi connectivity index (χ1n) is 8.89. The number of hydrogen-bond acceptors (Lipinski definition) is 3. The topological polar surface area (TPSA) is 55.2 Å². The van der Waals surface area contributed by atoms with Crippen molar-refractivity contribution in [3.8, 4) is 0 Å². The molecular weight excluding hydrogens is 326 g/mol. The van der Waals surface area contributed by atoms with Crippen molar-refractivity contribution in [1.29, 1.82) is 0 Å². The van der Waals surface area contributed by atoms with Crippen LogP contribution in [0.15, 0.2) is 54.6 Å². The van der Waals surface area contributed by atoms with Gasteiger partial charge in [-0.2, -0.15) is 0 Å². The Balaban J connectivity index is 1.76. The summed E-state index contributed by atoms with van der Waals surface area (Å²) in [5.74, 6) is 0.964. The SMILES string of the molecule is CC(=O)C(C)n1c(C2CC(=O)N(c3ccccc3)C2)nc2ccccc21. The third-order valence-electron chi connectivity index (χ3n) is 5.16. The highest BCUT2D eigenvalue weighted by Crippen LogP contribution is 2.34. The molecule has 2 heterocycles. The molecule has 26 heavy (non-hydrogen) atoms. The van der Waals surface area contributed by atoms with E-state index in [0.717, 1.165) is 22.5 Å². The molecule has 0 spiro atoms. The number of rotatable bonds is 4. The van der Waals surface area contributed by atoms with Crippen molar-refractivity contribution in [3.05, 3.63) is 60.4 Å². The zero-order chi connectivity index (χ0) is 18.3. The van der Waals surface area contributed by atoms with E-state index in [9.17, 15) is 9.59 Å². The predicted octanol–water partition coefficient (Wildman–Crippen LogP) is 3.71. The molecule has 5 heteroatoms. The number of fused-ring (bicyclic) bond motifs is 1. The standard InChI is InChI=1S/C21H21N3O2/c1-14(15(2)25)24-19-11-7-6-10-18(19)22-21(24)16-12-20(26)23(13-16)17-8-4-3-5-9-17/h3-11,14,16H,12-13H2,1-2H3. The van der Waals surface area contributed by atoms with Crippen LogP contribution in [-0.4, -0.2) is 27.8 Å². The fraction of sp³-hybridized carbons (Fsp3) is 0.286. The molecule has 4 rings (SSSR count). The number of hydrogen-bond donors (Lipinski definition) is 0. The second-order valence-electron chi connectivity index (χ2n) is 6.86. The van der Waals surface area contributed by atoms with Gasteiger partial charge >= 0.3 is 0 Å². The first-order valence-corrected chi connectivity index (χ1v) is 8.89. The van der Waals surface area contributed by atoms with E-state index in [1.54, 1.807) is 6.92 Å². The molecule has 0 aliphatic carbocycles. The highest BCUT2D eigenvalue weighted by atomic mass is 16.2. The van der Waals surface area contributed by atoms with E-state index in [1.165, 1.54) is 0 Å². The quantitative estimate of drug-likeness (QED) is 0.723. The number of carbonyl (C=O) groups is 2. The van der Waals surface area contributed by atoms with Crippen molar-refractivity contribution >= 4 is 28.4 Å². The Labute approximate surface area is 152 Å². The summed E-state index contributed by atoms with van der Waals surface area (Å²) >= 11 is 0. The van der Waals surface area contributed by atoms with E-state index in [4.69, 9.17) is 4.98 Å². The molecule has 1 aliphatic rings. The fourth-order valence-corrected chi connectivity index (χ4v) is 3.68. The minimum absolute atomic E-state index is 0.0306. The molecule has 0 radical (unpaired) electrons. The van der Waals surface area contributed by atoms with Crippen LogP contribution in [0.5, 0.6) is 0 Å². The summed E-state index contributed by atoms with van der Waals surface area (Å²) in [6.07, 6.45) is 0.406. The molecule has 1 saturated heterocycles. The van der Waals surface area contributed by atoms with Crippen molar-refractivity contribution in [2.75, 3.05) is 11.4 Å². The van der Waals surface area contributed by atoms with Gasteiger partial charge in [-0.15, -0.1) is 0 Å². The molecule has 5 nitrogen and oxygen atoms in total. The largest absolute Gasteiger partial charge is 0.317 e. The number of aromatic nitrogens is 2. The van der Waals surface area contributed by atoms with Gasteiger partial charge in [-0.1, -0.05) is 30.3 Å². The van der Waals surface area contributed by atoms with Crippen molar-refractivity contribution in [2.45, 2.75) is 32.2 Å². The Kier molecular flexibility index (Phi) is 4.07. The van der Waals surface area contributed by atoms with Crippen molar-refractivity contribution in [1.82, 2.24) is 9.55 Å². The average molecular weight is 347 g/mol. The highest BCUT2D eigenvalue weighted by Gasteiger charge is 2.35. The van der Waals surface area contributed by atoms with Crippen LogP contribution in [0, 0.1) is 0 Å². The number of benzene rings is 2. The molecule has 1 aliphatic heterocycles. The molecule has 1 fully saturated rings. The van der Waals surface area contributed by atoms with Gasteiger partial charge in [-0.3, -0.25) is 9.59 Å². The van der Waals surface area contributed by atoms with E-state index < -0.39 is 0 Å². The first-order chi connectivity index (χ1) is 12.6. The molecule has 2 atom stereocenters. The lowest BCUT2D eigenvalue weighted by Gasteiger charge is -2.19. The van der Waals surface area contributed by atoms with Crippen LogP contribution in [0.25, 0.3) is 11.0 Å². The smallest absolute Gasteiger partial charge is 0.227 e. The number of amides is 1. The number of imidazole rings is 1. The van der Waals surface area contributed by atoms with Crippen LogP contribution in [0.2, 0.25) is 0 Å². The monoisotopic (exact) mass is 347 g/mol. The second kappa shape index (κ2) is 6.41. The van der Waals surface area contributed by atoms with Gasteiger partial charge < -0.3 is 9.47 Å². The summed E-state index contributed by atoms with van der Waals surface area (Å²) in [4.78, 5) is 31.3. The molecule has 3 aromatic rings. The van der Waals surface area contributed by atoms with Crippen LogP contribution < -0.4 is 4.90 Å². The minimum Gasteiger partial charge on any atom is -0.317 e. The number of anilines is 1. The van der Waals surface area contributed by atoms with Crippen molar-refractivity contribution < 1.29 is 9.59 Å². The van der Waals surface area contributed by atoms with Gasteiger partial charge in [0, 0.05) is 24.6 Å². The van der Waals surface area contributed by atoms with Crippen LogP contribution in [-0.2, 0) is 9.59 Å². The molecule has 1 aromatic heterocycles. The fourth-order valence-electron chi connectivity index (χ4n) is 3.68. The molecular formula is C21H21N3O2. The molecule has 0 saturated carbocycles. The maximum Gasteiger partial charge on any atom is 0.227 e. The van der Waals surface area contributed by atoms with Gasteiger partial charge in [0.15, 0.2) is 5.78 Å². The Bertz CT molecular complexity index is 977. The van der Waals surface area contributed by atoms with Crippen LogP contribution in [0.4, 0.5) is 5.69 Å². The number of para-hydroxylation sites is 3. The lowest BCUT2D eigenvalue weighted by atomic mass is 10.1. The summed E-state index contributed by atoms with van der Waals surface area (Å²) in [5, 5.41) is 0. The normalized spacial score (nSPS) is 18.5. The summed E-state index contributed by atoms with van der Waals surface area (Å²) in [6.45, 7) is 4.07. The Hall–Kier alpha value is -2.95. The third kappa shape index (κ3) is 2.69. The Morgan fingerprint density at radius 3 is 2.54 bits per heavy atom. The molecule has 1 amide bonds. The molecule has 0 bridgehead atoms. The van der Waals surface area contributed by atoms with Gasteiger partial charge in [-0.05, 0) is 38.1 Å². The van der Waals surface area contributed by atoms with Gasteiger partial charge in [0.2, 0.25) is 5.91 Å². The first kappa shape index (κ1) is 16.5. The van der Waals surface area contributed by atoms with Gasteiger partial charge in [-0.25, -0.2) is 4.98 Å². The minimum atomic E-state index is -0.307. The lowest BCUT2D eigenvalue weighted by molar-refractivity contribution is -0.119. The van der Waals surface area contributed by atoms with E-state index >= 15 is 0 Å². The molecule has 132 valence electrons. The summed E-state index contributed by atoms with van der Waals surface area (Å²) in [7, 11) is 0. The number of Topliss-reactive ketones (excluding diaryl/α,β-unsaturated/α-hetero) is 1. The average Bonchev–Trinajstić information content (AvgIpc) is 3.22. The zero-order valence-electron chi connectivity index (χ0n) is 14.9. The third-order valence-corrected chi connectivity index (χ3v) is 5.16. The summed E-state index contributed by atoms with van der Waals surface area (Å²) in [5.41, 5.74) is 2.71. The summed E-state index contributed by atoms with van der Waals surface area (Å²) < 4.78 is 2.00. The lowest BCUT2D eigenvalue weighted by Crippen LogP contribution is -2.24. The Morgan fingerprint density at radius 1 is 1.12 bits per heavy atom. The van der Waals surface area contributed by atoms with Crippen LogP contribution in [0.1, 0.15) is 38.1 Å². The molecule has 2 aromatic carbocycles. The maximum absolute atomic E-state index is 12.6. The molecule has 0 N–H and O–H groups in total. The van der Waals surface area contributed by atoms with Gasteiger partial charge in [0.1, 0.15) is 5.82 Å². The van der Waals surface area contributed by atoms with Gasteiger partial charge in [0.25, 0.3) is 0 Å². The number of nitrogens with zero attached hydrogens (tertiary/aromatic N) is 3. The van der Waals surface area contributed by atoms with E-state index in [1.807, 2.05) is 71.0 Å².